The summed E-state index contributed by atoms with van der Waals surface area (Å²) in [4.78, 5) is 10.7. The quantitative estimate of drug-likeness (QED) is 0.748. The number of aromatic nitrogens is 2. The first-order valence-corrected chi connectivity index (χ1v) is 9.78. The van der Waals surface area contributed by atoms with Gasteiger partial charge in [-0.05, 0) is 36.4 Å². The van der Waals surface area contributed by atoms with Crippen LogP contribution >= 0.6 is 11.8 Å². The molecule has 2 aromatic rings. The summed E-state index contributed by atoms with van der Waals surface area (Å²) in [6.07, 6.45) is 2.07. The van der Waals surface area contributed by atoms with E-state index in [0.717, 1.165) is 44.2 Å². The first-order chi connectivity index (χ1) is 11.6. The fourth-order valence-corrected chi connectivity index (χ4v) is 3.42. The van der Waals surface area contributed by atoms with E-state index in [1.165, 1.54) is 11.4 Å². The van der Waals surface area contributed by atoms with Crippen molar-refractivity contribution in [3.63, 3.8) is 0 Å². The standard InChI is InChI=1S/C18H26N4OS/c1-14(2)12-21-8-10-22(11-9-21)13-17-19-18(20-23-17)15-4-6-16(24-3)7-5-15/h4-7,14H,8-13H2,1-3H3. The third-order valence-electron chi connectivity index (χ3n) is 4.26. The zero-order chi connectivity index (χ0) is 16.9. The average Bonchev–Trinajstić information content (AvgIpc) is 3.05. The molecule has 24 heavy (non-hydrogen) atoms. The van der Waals surface area contributed by atoms with Gasteiger partial charge >= 0.3 is 0 Å². The molecule has 0 aliphatic carbocycles. The fraction of sp³-hybridized carbons (Fsp3) is 0.556. The van der Waals surface area contributed by atoms with Crippen LogP contribution in [0.3, 0.4) is 0 Å². The Kier molecular flexibility index (Phi) is 5.92. The van der Waals surface area contributed by atoms with E-state index in [0.29, 0.717) is 11.7 Å². The van der Waals surface area contributed by atoms with Crippen LogP contribution in [0.5, 0.6) is 0 Å². The molecule has 1 aromatic carbocycles. The summed E-state index contributed by atoms with van der Waals surface area (Å²) >= 11 is 1.73. The molecule has 1 aliphatic heterocycles. The van der Waals surface area contributed by atoms with Crippen molar-refractivity contribution in [2.24, 2.45) is 5.92 Å². The highest BCUT2D eigenvalue weighted by Crippen LogP contribution is 2.21. The van der Waals surface area contributed by atoms with Gasteiger partial charge in [0.1, 0.15) is 0 Å². The molecule has 1 saturated heterocycles. The Morgan fingerprint density at radius 3 is 2.38 bits per heavy atom. The van der Waals surface area contributed by atoms with Crippen molar-refractivity contribution in [3.8, 4) is 11.4 Å². The molecular weight excluding hydrogens is 320 g/mol. The highest BCUT2D eigenvalue weighted by Gasteiger charge is 2.19. The van der Waals surface area contributed by atoms with Crippen molar-refractivity contribution >= 4 is 11.8 Å². The fourth-order valence-electron chi connectivity index (χ4n) is 3.01. The minimum absolute atomic E-state index is 0.677. The lowest BCUT2D eigenvalue weighted by Gasteiger charge is -2.34. The SMILES string of the molecule is CSc1ccc(-c2noc(CN3CCN(CC(C)C)CC3)n2)cc1. The van der Waals surface area contributed by atoms with E-state index < -0.39 is 0 Å². The molecule has 6 heteroatoms. The highest BCUT2D eigenvalue weighted by molar-refractivity contribution is 7.98. The van der Waals surface area contributed by atoms with Crippen molar-refractivity contribution in [2.45, 2.75) is 25.3 Å². The van der Waals surface area contributed by atoms with Gasteiger partial charge < -0.3 is 9.42 Å². The van der Waals surface area contributed by atoms with Gasteiger partial charge in [-0.15, -0.1) is 11.8 Å². The Morgan fingerprint density at radius 2 is 1.75 bits per heavy atom. The molecular formula is C18H26N4OS. The molecule has 0 atom stereocenters. The Hall–Kier alpha value is -1.37. The maximum absolute atomic E-state index is 5.45. The Bertz CT molecular complexity index is 633. The third kappa shape index (κ3) is 4.59. The summed E-state index contributed by atoms with van der Waals surface area (Å²) in [7, 11) is 0. The zero-order valence-corrected chi connectivity index (χ0v) is 15.6. The highest BCUT2D eigenvalue weighted by atomic mass is 32.2. The van der Waals surface area contributed by atoms with Crippen molar-refractivity contribution in [3.05, 3.63) is 30.2 Å². The molecule has 0 bridgehead atoms. The van der Waals surface area contributed by atoms with Gasteiger partial charge in [-0.2, -0.15) is 4.98 Å². The lowest BCUT2D eigenvalue weighted by molar-refractivity contribution is 0.108. The molecule has 2 heterocycles. The summed E-state index contributed by atoms with van der Waals surface area (Å²) in [5.41, 5.74) is 1.00. The smallest absolute Gasteiger partial charge is 0.241 e. The van der Waals surface area contributed by atoms with E-state index in [9.17, 15) is 0 Å². The van der Waals surface area contributed by atoms with Gasteiger partial charge in [-0.25, -0.2) is 0 Å². The summed E-state index contributed by atoms with van der Waals surface area (Å²) in [6.45, 7) is 10.8. The van der Waals surface area contributed by atoms with Gasteiger partial charge in [0.05, 0.1) is 6.54 Å². The number of hydrogen-bond donors (Lipinski definition) is 0. The van der Waals surface area contributed by atoms with Gasteiger partial charge in [0, 0.05) is 43.2 Å². The summed E-state index contributed by atoms with van der Waals surface area (Å²) in [5, 5.41) is 4.13. The lowest BCUT2D eigenvalue weighted by Crippen LogP contribution is -2.46. The Labute approximate surface area is 148 Å². The van der Waals surface area contributed by atoms with Gasteiger partial charge in [0.15, 0.2) is 0 Å². The summed E-state index contributed by atoms with van der Waals surface area (Å²) in [6, 6.07) is 8.27. The van der Waals surface area contributed by atoms with Gasteiger partial charge in [0.25, 0.3) is 0 Å². The van der Waals surface area contributed by atoms with Crippen LogP contribution in [0.4, 0.5) is 0 Å². The molecule has 0 radical (unpaired) electrons. The van der Waals surface area contributed by atoms with Crippen LogP contribution in [0.25, 0.3) is 11.4 Å². The molecule has 1 fully saturated rings. The number of hydrogen-bond acceptors (Lipinski definition) is 6. The number of thioether (sulfide) groups is 1. The molecule has 130 valence electrons. The van der Waals surface area contributed by atoms with Crippen molar-refractivity contribution in [2.75, 3.05) is 39.0 Å². The largest absolute Gasteiger partial charge is 0.338 e. The molecule has 5 nitrogen and oxygen atoms in total. The second-order valence-corrected chi connectivity index (χ2v) is 7.59. The van der Waals surface area contributed by atoms with E-state index in [1.54, 1.807) is 11.8 Å². The number of rotatable bonds is 6. The Balaban J connectivity index is 1.54. The van der Waals surface area contributed by atoms with Crippen molar-refractivity contribution in [1.82, 2.24) is 19.9 Å². The van der Waals surface area contributed by atoms with Crippen LogP contribution in [0.15, 0.2) is 33.7 Å². The van der Waals surface area contributed by atoms with E-state index in [4.69, 9.17) is 4.52 Å². The third-order valence-corrected chi connectivity index (χ3v) is 5.01. The number of piperazine rings is 1. The van der Waals surface area contributed by atoms with Crippen molar-refractivity contribution < 1.29 is 4.52 Å². The minimum Gasteiger partial charge on any atom is -0.338 e. The maximum Gasteiger partial charge on any atom is 0.241 e. The average molecular weight is 347 g/mol. The van der Waals surface area contributed by atoms with Crippen LogP contribution in [-0.2, 0) is 6.54 Å². The predicted octanol–water partition coefficient (Wildman–Crippen LogP) is 3.23. The minimum atomic E-state index is 0.677. The predicted molar refractivity (Wildman–Crippen MR) is 98.1 cm³/mol. The monoisotopic (exact) mass is 346 g/mol. The van der Waals surface area contributed by atoms with Crippen LogP contribution in [0, 0.1) is 5.92 Å². The molecule has 0 spiro atoms. The van der Waals surface area contributed by atoms with E-state index in [2.05, 4.69) is 52.2 Å². The lowest BCUT2D eigenvalue weighted by atomic mass is 10.2. The molecule has 3 rings (SSSR count). The first kappa shape index (κ1) is 17.5. The topological polar surface area (TPSA) is 45.4 Å². The van der Waals surface area contributed by atoms with E-state index in [-0.39, 0.29) is 0 Å². The molecule has 0 N–H and O–H groups in total. The number of benzene rings is 1. The van der Waals surface area contributed by atoms with Gasteiger partial charge in [-0.1, -0.05) is 19.0 Å². The van der Waals surface area contributed by atoms with Gasteiger partial charge in [-0.3, -0.25) is 4.90 Å². The first-order valence-electron chi connectivity index (χ1n) is 8.56. The molecule has 0 amide bonds. The summed E-state index contributed by atoms with van der Waals surface area (Å²) in [5.74, 6) is 2.11. The second kappa shape index (κ2) is 8.14. The second-order valence-electron chi connectivity index (χ2n) is 6.71. The normalized spacial score (nSPS) is 16.8. The van der Waals surface area contributed by atoms with E-state index in [1.807, 2.05) is 12.1 Å². The zero-order valence-electron chi connectivity index (χ0n) is 14.7. The van der Waals surface area contributed by atoms with Crippen LogP contribution in [-0.4, -0.2) is 58.9 Å². The maximum atomic E-state index is 5.45. The van der Waals surface area contributed by atoms with E-state index >= 15 is 0 Å². The van der Waals surface area contributed by atoms with Crippen LogP contribution < -0.4 is 0 Å². The van der Waals surface area contributed by atoms with Crippen molar-refractivity contribution in [1.29, 1.82) is 0 Å². The van der Waals surface area contributed by atoms with Crippen LogP contribution in [0.2, 0.25) is 0 Å². The number of nitrogens with zero attached hydrogens (tertiary/aromatic N) is 4. The van der Waals surface area contributed by atoms with Gasteiger partial charge in [0.2, 0.25) is 11.7 Å². The molecule has 1 aliphatic rings. The summed E-state index contributed by atoms with van der Waals surface area (Å²) < 4.78 is 5.45. The van der Waals surface area contributed by atoms with Crippen LogP contribution in [0.1, 0.15) is 19.7 Å². The molecule has 0 saturated carbocycles. The Morgan fingerprint density at radius 1 is 1.08 bits per heavy atom. The molecule has 1 aromatic heterocycles. The molecule has 0 unspecified atom stereocenters.